The van der Waals surface area contributed by atoms with E-state index in [4.69, 9.17) is 5.11 Å². The van der Waals surface area contributed by atoms with Gasteiger partial charge in [0.15, 0.2) is 0 Å². The van der Waals surface area contributed by atoms with Crippen molar-refractivity contribution < 1.29 is 18.3 Å². The topological polar surface area (TPSA) is 45.1 Å². The molecule has 106 valence electrons. The molecule has 0 atom stereocenters. The molecule has 1 aromatic rings. The summed E-state index contributed by atoms with van der Waals surface area (Å²) in [5.41, 5.74) is -0.868. The van der Waals surface area contributed by atoms with Crippen LogP contribution in [0.4, 0.5) is 19.0 Å². The van der Waals surface area contributed by atoms with Crippen molar-refractivity contribution in [1.82, 2.24) is 4.98 Å². The van der Waals surface area contributed by atoms with Crippen LogP contribution in [-0.4, -0.2) is 23.2 Å². The van der Waals surface area contributed by atoms with E-state index in [9.17, 15) is 13.2 Å². The smallest absolute Gasteiger partial charge is 0.396 e. The second kappa shape index (κ2) is 5.36. The fourth-order valence-corrected chi connectivity index (χ4v) is 2.40. The molecule has 0 aromatic carbocycles. The van der Waals surface area contributed by atoms with Gasteiger partial charge in [-0.25, -0.2) is 4.98 Å². The quantitative estimate of drug-likeness (QED) is 0.867. The van der Waals surface area contributed by atoms with Gasteiger partial charge in [-0.2, -0.15) is 13.2 Å². The minimum Gasteiger partial charge on any atom is -0.396 e. The predicted octanol–water partition coefficient (Wildman–Crippen LogP) is 3.07. The van der Waals surface area contributed by atoms with Crippen molar-refractivity contribution in [3.05, 3.63) is 23.9 Å². The SMILES string of the molecule is OCCC1(CNc2cccc(C(F)(F)F)n2)CCC1. The molecule has 1 fully saturated rings. The Labute approximate surface area is 109 Å². The summed E-state index contributed by atoms with van der Waals surface area (Å²) in [4.78, 5) is 3.57. The Hall–Kier alpha value is -1.30. The van der Waals surface area contributed by atoms with Crippen molar-refractivity contribution in [2.24, 2.45) is 5.41 Å². The molecule has 19 heavy (non-hydrogen) atoms. The average molecular weight is 274 g/mol. The number of nitrogens with zero attached hydrogens (tertiary/aromatic N) is 1. The van der Waals surface area contributed by atoms with E-state index in [-0.39, 0.29) is 17.8 Å². The number of halogens is 3. The summed E-state index contributed by atoms with van der Waals surface area (Å²) in [6, 6.07) is 3.83. The van der Waals surface area contributed by atoms with Crippen molar-refractivity contribution in [3.8, 4) is 0 Å². The van der Waals surface area contributed by atoms with Gasteiger partial charge in [-0.3, -0.25) is 0 Å². The van der Waals surface area contributed by atoms with E-state index in [1.807, 2.05) is 0 Å². The zero-order chi connectivity index (χ0) is 13.9. The van der Waals surface area contributed by atoms with Crippen molar-refractivity contribution >= 4 is 5.82 Å². The molecule has 1 aliphatic rings. The number of hydrogen-bond acceptors (Lipinski definition) is 3. The van der Waals surface area contributed by atoms with Crippen LogP contribution < -0.4 is 5.32 Å². The minimum absolute atomic E-state index is 0.0185. The Kier molecular flexibility index (Phi) is 3.99. The third-order valence-corrected chi connectivity index (χ3v) is 3.74. The van der Waals surface area contributed by atoms with Crippen molar-refractivity contribution in [2.45, 2.75) is 31.9 Å². The maximum atomic E-state index is 12.5. The molecule has 0 radical (unpaired) electrons. The highest BCUT2D eigenvalue weighted by Gasteiger charge is 2.36. The Bertz CT molecular complexity index is 430. The highest BCUT2D eigenvalue weighted by molar-refractivity contribution is 5.36. The summed E-state index contributed by atoms with van der Waals surface area (Å²) in [5.74, 6) is 0.235. The lowest BCUT2D eigenvalue weighted by Crippen LogP contribution is -2.37. The van der Waals surface area contributed by atoms with Gasteiger partial charge < -0.3 is 10.4 Å². The number of pyridine rings is 1. The van der Waals surface area contributed by atoms with E-state index in [0.717, 1.165) is 25.3 Å². The first kappa shape index (κ1) is 14.1. The first-order valence-corrected chi connectivity index (χ1v) is 6.34. The minimum atomic E-state index is -4.42. The fourth-order valence-electron chi connectivity index (χ4n) is 2.40. The third kappa shape index (κ3) is 3.37. The van der Waals surface area contributed by atoms with Crippen molar-refractivity contribution in [3.63, 3.8) is 0 Å². The van der Waals surface area contributed by atoms with E-state index >= 15 is 0 Å². The summed E-state index contributed by atoms with van der Waals surface area (Å²) in [5, 5.41) is 12.0. The van der Waals surface area contributed by atoms with Crippen LogP contribution in [0.3, 0.4) is 0 Å². The second-order valence-corrected chi connectivity index (χ2v) is 5.09. The summed E-state index contributed by atoms with van der Waals surface area (Å²) in [6.07, 6.45) is -0.632. The lowest BCUT2D eigenvalue weighted by atomic mass is 9.67. The zero-order valence-corrected chi connectivity index (χ0v) is 10.5. The molecule has 1 aliphatic carbocycles. The van der Waals surface area contributed by atoms with Crippen LogP contribution in [0, 0.1) is 5.41 Å². The second-order valence-electron chi connectivity index (χ2n) is 5.09. The van der Waals surface area contributed by atoms with E-state index in [1.54, 1.807) is 0 Å². The van der Waals surface area contributed by atoms with Gasteiger partial charge >= 0.3 is 6.18 Å². The Morgan fingerprint density at radius 1 is 1.32 bits per heavy atom. The molecule has 2 rings (SSSR count). The van der Waals surface area contributed by atoms with Crippen molar-refractivity contribution in [1.29, 1.82) is 0 Å². The number of rotatable bonds is 5. The van der Waals surface area contributed by atoms with E-state index in [2.05, 4.69) is 10.3 Å². The number of aromatic nitrogens is 1. The molecule has 0 amide bonds. The maximum absolute atomic E-state index is 12.5. The van der Waals surface area contributed by atoms with E-state index in [1.165, 1.54) is 12.1 Å². The number of aliphatic hydroxyl groups is 1. The molecular formula is C13H17F3N2O. The van der Waals surface area contributed by atoms with Crippen molar-refractivity contribution in [2.75, 3.05) is 18.5 Å². The fraction of sp³-hybridized carbons (Fsp3) is 0.615. The van der Waals surface area contributed by atoms with Crippen LogP contribution in [-0.2, 0) is 6.18 Å². The largest absolute Gasteiger partial charge is 0.433 e. The van der Waals surface area contributed by atoms with Crippen LogP contribution in [0.15, 0.2) is 18.2 Å². The molecular weight excluding hydrogens is 257 g/mol. The molecule has 1 heterocycles. The molecule has 1 saturated carbocycles. The lowest BCUT2D eigenvalue weighted by Gasteiger charge is -2.42. The van der Waals surface area contributed by atoms with Crippen LogP contribution in [0.25, 0.3) is 0 Å². The van der Waals surface area contributed by atoms with Gasteiger partial charge in [0.25, 0.3) is 0 Å². The molecule has 2 N–H and O–H groups in total. The molecule has 6 heteroatoms. The summed E-state index contributed by atoms with van der Waals surface area (Å²) in [7, 11) is 0. The summed E-state index contributed by atoms with van der Waals surface area (Å²) < 4.78 is 37.6. The third-order valence-electron chi connectivity index (χ3n) is 3.74. The highest BCUT2D eigenvalue weighted by atomic mass is 19.4. The number of nitrogens with one attached hydrogen (secondary N) is 1. The Morgan fingerprint density at radius 2 is 2.05 bits per heavy atom. The lowest BCUT2D eigenvalue weighted by molar-refractivity contribution is -0.141. The van der Waals surface area contributed by atoms with Gasteiger partial charge in [0.05, 0.1) is 0 Å². The molecule has 0 bridgehead atoms. The van der Waals surface area contributed by atoms with Gasteiger partial charge in [0.1, 0.15) is 11.5 Å². The van der Waals surface area contributed by atoms with Crippen LogP contribution >= 0.6 is 0 Å². The molecule has 3 nitrogen and oxygen atoms in total. The standard InChI is InChI=1S/C13H17F3N2O/c14-13(15,16)10-3-1-4-11(18-10)17-9-12(7-8-19)5-2-6-12/h1,3-4,19H,2,5-9H2,(H,17,18). The summed E-state index contributed by atoms with van der Waals surface area (Å²) in [6.45, 7) is 0.666. The molecule has 0 aliphatic heterocycles. The van der Waals surface area contributed by atoms with Crippen LogP contribution in [0.2, 0.25) is 0 Å². The zero-order valence-electron chi connectivity index (χ0n) is 10.5. The van der Waals surface area contributed by atoms with E-state index < -0.39 is 11.9 Å². The normalized spacial score (nSPS) is 17.9. The first-order valence-electron chi connectivity index (χ1n) is 6.34. The number of hydrogen-bond donors (Lipinski definition) is 2. The van der Waals surface area contributed by atoms with Gasteiger partial charge in [-0.1, -0.05) is 12.5 Å². The number of aliphatic hydroxyl groups excluding tert-OH is 1. The van der Waals surface area contributed by atoms with Gasteiger partial charge in [0.2, 0.25) is 0 Å². The maximum Gasteiger partial charge on any atom is 0.433 e. The predicted molar refractivity (Wildman–Crippen MR) is 65.7 cm³/mol. The average Bonchev–Trinajstić information content (AvgIpc) is 2.32. The summed E-state index contributed by atoms with van der Waals surface area (Å²) >= 11 is 0. The Balaban J connectivity index is 2.00. The molecule has 0 spiro atoms. The van der Waals surface area contributed by atoms with Gasteiger partial charge in [0, 0.05) is 13.2 Å². The van der Waals surface area contributed by atoms with Crippen LogP contribution in [0.5, 0.6) is 0 Å². The Morgan fingerprint density at radius 3 is 2.58 bits per heavy atom. The molecule has 0 saturated heterocycles. The molecule has 1 aromatic heterocycles. The van der Waals surface area contributed by atoms with Gasteiger partial charge in [-0.05, 0) is 36.8 Å². The number of alkyl halides is 3. The first-order chi connectivity index (χ1) is 8.95. The molecule has 0 unspecified atom stereocenters. The van der Waals surface area contributed by atoms with Gasteiger partial charge in [-0.15, -0.1) is 0 Å². The number of anilines is 1. The van der Waals surface area contributed by atoms with Crippen LogP contribution in [0.1, 0.15) is 31.4 Å². The van der Waals surface area contributed by atoms with E-state index in [0.29, 0.717) is 13.0 Å². The monoisotopic (exact) mass is 274 g/mol. The highest BCUT2D eigenvalue weighted by Crippen LogP contribution is 2.43.